The average molecular weight is 127 g/mol. The van der Waals surface area contributed by atoms with Gasteiger partial charge in [-0.3, -0.25) is 0 Å². The van der Waals surface area contributed by atoms with Gasteiger partial charge in [0.2, 0.25) is 0 Å². The van der Waals surface area contributed by atoms with Gasteiger partial charge in [0.1, 0.15) is 0 Å². The van der Waals surface area contributed by atoms with Crippen molar-refractivity contribution in [1.82, 2.24) is 0 Å². The second kappa shape index (κ2) is 3.86. The van der Waals surface area contributed by atoms with Crippen LogP contribution in [0.3, 0.4) is 0 Å². The fourth-order valence-corrected chi connectivity index (χ4v) is 0.827. The van der Waals surface area contributed by atoms with Crippen molar-refractivity contribution in [2.75, 3.05) is 0 Å². The van der Waals surface area contributed by atoms with E-state index < -0.39 is 0 Å². The summed E-state index contributed by atoms with van der Waals surface area (Å²) < 4.78 is 0. The Morgan fingerprint density at radius 1 is 1.20 bits per heavy atom. The molecule has 0 aromatic heterocycles. The molecule has 0 saturated heterocycles. The third-order valence-electron chi connectivity index (χ3n) is 1.55. The number of hydrogen-bond donors (Lipinski definition) is 0. The second-order valence-electron chi connectivity index (χ2n) is 2.49. The van der Waals surface area contributed by atoms with Gasteiger partial charge in [-0.2, -0.15) is 0 Å². The first-order valence-electron chi connectivity index (χ1n) is 3.15. The molecular formula is C9H12Li. The third-order valence-corrected chi connectivity index (χ3v) is 1.55. The van der Waals surface area contributed by atoms with Gasteiger partial charge >= 0.3 is 18.9 Å². The van der Waals surface area contributed by atoms with Crippen LogP contribution < -0.4 is 0 Å². The second-order valence-corrected chi connectivity index (χ2v) is 2.49. The average Bonchev–Trinajstić information content (AvgIpc) is 1.80. The quantitative estimate of drug-likeness (QED) is 0.466. The predicted octanol–water partition coefficient (Wildman–Crippen LogP) is 1.76. The fourth-order valence-electron chi connectivity index (χ4n) is 0.827. The molecule has 0 N–H and O–H groups in total. The molecule has 0 spiro atoms. The Bertz CT molecular complexity index is 216. The Balaban J connectivity index is 0.000000810. The number of hydrogen-bond acceptors (Lipinski definition) is 0. The Labute approximate surface area is 74.8 Å². The van der Waals surface area contributed by atoms with Crippen molar-refractivity contribution in [3.8, 4) is 0 Å². The summed E-state index contributed by atoms with van der Waals surface area (Å²) in [6.07, 6.45) is 0. The normalized spacial score (nSPS) is 8.70. The van der Waals surface area contributed by atoms with E-state index in [2.05, 4.69) is 32.9 Å². The Kier molecular flexibility index (Phi) is 3.79. The van der Waals surface area contributed by atoms with Crippen LogP contribution in [-0.4, -0.2) is 18.9 Å². The van der Waals surface area contributed by atoms with Gasteiger partial charge < -0.3 is 0 Å². The van der Waals surface area contributed by atoms with Crippen LogP contribution in [0.4, 0.5) is 0 Å². The van der Waals surface area contributed by atoms with E-state index in [-0.39, 0.29) is 18.9 Å². The van der Waals surface area contributed by atoms with Gasteiger partial charge in [0, 0.05) is 0 Å². The molecule has 1 heteroatoms. The Morgan fingerprint density at radius 2 is 1.80 bits per heavy atom. The number of aryl methyl sites for hydroxylation is 3. The third kappa shape index (κ3) is 2.21. The van der Waals surface area contributed by atoms with E-state index in [1.54, 1.807) is 0 Å². The molecule has 1 rings (SSSR count). The Morgan fingerprint density at radius 3 is 2.20 bits per heavy atom. The van der Waals surface area contributed by atoms with Crippen molar-refractivity contribution in [2.24, 2.45) is 0 Å². The van der Waals surface area contributed by atoms with Crippen LogP contribution in [0.15, 0.2) is 12.1 Å². The molecule has 0 unspecified atom stereocenters. The van der Waals surface area contributed by atoms with Crippen LogP contribution in [0.2, 0.25) is 0 Å². The van der Waals surface area contributed by atoms with Crippen LogP contribution in [0.5, 0.6) is 0 Å². The zero-order valence-electron chi connectivity index (χ0n) is 6.15. The van der Waals surface area contributed by atoms with E-state index in [0.717, 1.165) is 0 Å². The van der Waals surface area contributed by atoms with Crippen molar-refractivity contribution in [2.45, 2.75) is 20.8 Å². The zero-order valence-corrected chi connectivity index (χ0v) is 6.15. The Hall–Kier alpha value is -0.183. The molecule has 0 heterocycles. The summed E-state index contributed by atoms with van der Waals surface area (Å²) in [7, 11) is 0. The number of rotatable bonds is 0. The van der Waals surface area contributed by atoms with Gasteiger partial charge in [-0.05, 0) is 38.0 Å². The molecule has 0 aliphatic rings. The molecule has 1 aromatic rings. The molecule has 1 radical (unpaired) electrons. The summed E-state index contributed by atoms with van der Waals surface area (Å²) in [5.74, 6) is 0. The van der Waals surface area contributed by atoms with Crippen molar-refractivity contribution in [3.05, 3.63) is 34.9 Å². The SMILES string of the molecule is Cc1c[c]c(C)c(C)c1.[LiH]. The molecule has 0 bridgehead atoms. The van der Waals surface area contributed by atoms with E-state index in [0.29, 0.717) is 0 Å². The molecule has 0 aliphatic heterocycles. The maximum atomic E-state index is 3.17. The molecule has 0 fully saturated rings. The number of benzene rings is 1. The van der Waals surface area contributed by atoms with E-state index in [9.17, 15) is 0 Å². The minimum atomic E-state index is 0. The molecule has 0 amide bonds. The van der Waals surface area contributed by atoms with E-state index >= 15 is 0 Å². The standard InChI is InChI=1S/C9H11.Li.H/c1-7-4-5-8(2)9(3)6-7;;/h4,6H,1-3H3;;. The van der Waals surface area contributed by atoms with Gasteiger partial charge in [0.05, 0.1) is 0 Å². The molecule has 1 aromatic carbocycles. The molecule has 49 valence electrons. The molecule has 0 saturated carbocycles. The summed E-state index contributed by atoms with van der Waals surface area (Å²) in [4.78, 5) is 0. The van der Waals surface area contributed by atoms with Crippen LogP contribution in [-0.2, 0) is 0 Å². The molecular weight excluding hydrogens is 115 g/mol. The van der Waals surface area contributed by atoms with Gasteiger partial charge in [0.25, 0.3) is 0 Å². The van der Waals surface area contributed by atoms with Gasteiger partial charge in [-0.15, -0.1) is 0 Å². The zero-order chi connectivity index (χ0) is 6.85. The van der Waals surface area contributed by atoms with Crippen molar-refractivity contribution in [3.63, 3.8) is 0 Å². The van der Waals surface area contributed by atoms with Crippen molar-refractivity contribution in [1.29, 1.82) is 0 Å². The molecule has 0 atom stereocenters. The maximum absolute atomic E-state index is 3.17. The monoisotopic (exact) mass is 127 g/mol. The summed E-state index contributed by atoms with van der Waals surface area (Å²) in [5, 5.41) is 0. The van der Waals surface area contributed by atoms with E-state index in [1.807, 2.05) is 6.07 Å². The van der Waals surface area contributed by atoms with E-state index in [1.165, 1.54) is 16.7 Å². The molecule has 0 nitrogen and oxygen atoms in total. The van der Waals surface area contributed by atoms with Crippen LogP contribution in [0.25, 0.3) is 0 Å². The fraction of sp³-hybridized carbons (Fsp3) is 0.333. The summed E-state index contributed by atoms with van der Waals surface area (Å²) in [6.45, 7) is 6.27. The first-order chi connectivity index (χ1) is 4.20. The predicted molar refractivity (Wildman–Crippen MR) is 46.6 cm³/mol. The van der Waals surface area contributed by atoms with Crippen molar-refractivity contribution >= 4 is 18.9 Å². The minimum absolute atomic E-state index is 0. The van der Waals surface area contributed by atoms with Crippen LogP contribution in [0, 0.1) is 26.8 Å². The van der Waals surface area contributed by atoms with E-state index in [4.69, 9.17) is 0 Å². The topological polar surface area (TPSA) is 0 Å². The summed E-state index contributed by atoms with van der Waals surface area (Å²) >= 11 is 0. The van der Waals surface area contributed by atoms with Gasteiger partial charge in [-0.25, -0.2) is 0 Å². The first-order valence-corrected chi connectivity index (χ1v) is 3.15. The molecule has 0 aliphatic carbocycles. The van der Waals surface area contributed by atoms with Gasteiger partial charge in [0.15, 0.2) is 0 Å². The van der Waals surface area contributed by atoms with Crippen LogP contribution >= 0.6 is 0 Å². The van der Waals surface area contributed by atoms with Crippen LogP contribution in [0.1, 0.15) is 16.7 Å². The summed E-state index contributed by atoms with van der Waals surface area (Å²) in [5.41, 5.74) is 3.87. The van der Waals surface area contributed by atoms with Gasteiger partial charge in [-0.1, -0.05) is 17.7 Å². The first kappa shape index (κ1) is 9.82. The summed E-state index contributed by atoms with van der Waals surface area (Å²) in [6, 6.07) is 7.36. The van der Waals surface area contributed by atoms with Crippen molar-refractivity contribution < 1.29 is 0 Å². The molecule has 10 heavy (non-hydrogen) atoms.